The molecule has 3 aromatic carbocycles. The molecule has 4 aromatic rings. The molecule has 25 heavy (non-hydrogen) atoms. The molecular formula is C20H16N2O3. The third kappa shape index (κ3) is 2.70. The Morgan fingerprint density at radius 1 is 1.08 bits per heavy atom. The number of ether oxygens (including phenoxy) is 1. The zero-order chi connectivity index (χ0) is 17.4. The maximum absolute atomic E-state index is 12.8. The number of fused-ring (bicyclic) bond motifs is 2. The van der Waals surface area contributed by atoms with Crippen LogP contribution in [0, 0.1) is 6.92 Å². The molecule has 1 N–H and O–H groups in total. The number of aryl methyl sites for hydroxylation is 1. The molecule has 0 radical (unpaired) electrons. The third-order valence-corrected chi connectivity index (χ3v) is 4.10. The number of hydrogen-bond donors (Lipinski definition) is 1. The van der Waals surface area contributed by atoms with E-state index >= 15 is 0 Å². The molecule has 124 valence electrons. The monoisotopic (exact) mass is 332 g/mol. The summed E-state index contributed by atoms with van der Waals surface area (Å²) >= 11 is 0. The standard InChI is InChI=1S/C20H16N2O3/c1-12-21-17-11-13(7-9-19(17)25-12)22-20(23)16-8-10-18(24-2)15-6-4-3-5-14(15)16/h3-11H,1-2H3,(H,22,23). The number of carbonyl (C=O) groups is 1. The fraction of sp³-hybridized carbons (Fsp3) is 0.100. The van der Waals surface area contributed by atoms with Gasteiger partial charge < -0.3 is 14.5 Å². The van der Waals surface area contributed by atoms with E-state index in [9.17, 15) is 4.79 Å². The summed E-state index contributed by atoms with van der Waals surface area (Å²) < 4.78 is 10.8. The number of rotatable bonds is 3. The zero-order valence-electron chi connectivity index (χ0n) is 13.9. The number of hydrogen-bond acceptors (Lipinski definition) is 4. The van der Waals surface area contributed by atoms with Gasteiger partial charge in [-0.2, -0.15) is 0 Å². The van der Waals surface area contributed by atoms with E-state index in [0.717, 1.165) is 22.0 Å². The molecule has 0 aliphatic carbocycles. The van der Waals surface area contributed by atoms with E-state index in [1.165, 1.54) is 0 Å². The molecule has 0 fully saturated rings. The number of aromatic nitrogens is 1. The number of amides is 1. The SMILES string of the molecule is COc1ccc(C(=O)Nc2ccc3oc(C)nc3c2)c2ccccc12. The minimum Gasteiger partial charge on any atom is -0.496 e. The summed E-state index contributed by atoms with van der Waals surface area (Å²) in [5.74, 6) is 1.16. The molecule has 0 atom stereocenters. The Bertz CT molecular complexity index is 1100. The molecule has 5 heteroatoms. The van der Waals surface area contributed by atoms with Crippen molar-refractivity contribution in [1.82, 2.24) is 4.98 Å². The fourth-order valence-corrected chi connectivity index (χ4v) is 2.97. The molecule has 0 unspecified atom stereocenters. The second-order valence-corrected chi connectivity index (χ2v) is 5.73. The van der Waals surface area contributed by atoms with Crippen molar-refractivity contribution >= 4 is 33.5 Å². The summed E-state index contributed by atoms with van der Waals surface area (Å²) in [6, 6.07) is 16.7. The number of benzene rings is 3. The molecule has 4 rings (SSSR count). The predicted molar refractivity (Wildman–Crippen MR) is 97.2 cm³/mol. The smallest absolute Gasteiger partial charge is 0.256 e. The Hall–Kier alpha value is -3.34. The average molecular weight is 332 g/mol. The van der Waals surface area contributed by atoms with Gasteiger partial charge in [0.1, 0.15) is 11.3 Å². The van der Waals surface area contributed by atoms with E-state index in [2.05, 4.69) is 10.3 Å². The van der Waals surface area contributed by atoms with Crippen LogP contribution in [0.3, 0.4) is 0 Å². The first-order chi connectivity index (χ1) is 12.2. The Morgan fingerprint density at radius 2 is 1.88 bits per heavy atom. The van der Waals surface area contributed by atoms with Crippen LogP contribution in [0.25, 0.3) is 21.9 Å². The summed E-state index contributed by atoms with van der Waals surface area (Å²) in [6.07, 6.45) is 0. The van der Waals surface area contributed by atoms with Gasteiger partial charge in [0.15, 0.2) is 11.5 Å². The van der Waals surface area contributed by atoms with Crippen molar-refractivity contribution in [3.63, 3.8) is 0 Å². The highest BCUT2D eigenvalue weighted by atomic mass is 16.5. The van der Waals surface area contributed by atoms with Crippen molar-refractivity contribution in [1.29, 1.82) is 0 Å². The van der Waals surface area contributed by atoms with Crippen molar-refractivity contribution < 1.29 is 13.9 Å². The number of carbonyl (C=O) groups excluding carboxylic acids is 1. The van der Waals surface area contributed by atoms with Gasteiger partial charge in [0.2, 0.25) is 0 Å². The van der Waals surface area contributed by atoms with Gasteiger partial charge >= 0.3 is 0 Å². The largest absolute Gasteiger partial charge is 0.496 e. The lowest BCUT2D eigenvalue weighted by Gasteiger charge is -2.11. The van der Waals surface area contributed by atoms with E-state index in [1.54, 1.807) is 44.4 Å². The number of nitrogens with one attached hydrogen (secondary N) is 1. The molecular weight excluding hydrogens is 316 g/mol. The minimum atomic E-state index is -0.182. The summed E-state index contributed by atoms with van der Waals surface area (Å²) in [4.78, 5) is 17.1. The van der Waals surface area contributed by atoms with E-state index in [4.69, 9.17) is 9.15 Å². The van der Waals surface area contributed by atoms with Gasteiger partial charge in [-0.15, -0.1) is 0 Å². The average Bonchev–Trinajstić information content (AvgIpc) is 3.00. The second kappa shape index (κ2) is 5.94. The van der Waals surface area contributed by atoms with Crippen LogP contribution in [0.4, 0.5) is 5.69 Å². The van der Waals surface area contributed by atoms with Gasteiger partial charge in [-0.25, -0.2) is 4.98 Å². The second-order valence-electron chi connectivity index (χ2n) is 5.73. The summed E-state index contributed by atoms with van der Waals surface area (Å²) in [7, 11) is 1.62. The molecule has 0 bridgehead atoms. The van der Waals surface area contributed by atoms with E-state index in [-0.39, 0.29) is 5.91 Å². The minimum absolute atomic E-state index is 0.182. The lowest BCUT2D eigenvalue weighted by molar-refractivity contribution is 0.102. The molecule has 0 aliphatic heterocycles. The fourth-order valence-electron chi connectivity index (χ4n) is 2.97. The normalized spacial score (nSPS) is 11.0. The Kier molecular flexibility index (Phi) is 3.61. The van der Waals surface area contributed by atoms with Crippen molar-refractivity contribution in [2.45, 2.75) is 6.92 Å². The molecule has 1 aromatic heterocycles. The highest BCUT2D eigenvalue weighted by molar-refractivity contribution is 6.14. The third-order valence-electron chi connectivity index (χ3n) is 4.10. The van der Waals surface area contributed by atoms with Gasteiger partial charge in [0.25, 0.3) is 5.91 Å². The van der Waals surface area contributed by atoms with Crippen LogP contribution in [0.2, 0.25) is 0 Å². The van der Waals surface area contributed by atoms with Gasteiger partial charge in [-0.1, -0.05) is 24.3 Å². The van der Waals surface area contributed by atoms with Crippen LogP contribution in [-0.2, 0) is 0 Å². The first-order valence-corrected chi connectivity index (χ1v) is 7.90. The van der Waals surface area contributed by atoms with Crippen LogP contribution in [-0.4, -0.2) is 18.0 Å². The van der Waals surface area contributed by atoms with Crippen molar-refractivity contribution in [3.05, 3.63) is 66.1 Å². The first kappa shape index (κ1) is 15.2. The van der Waals surface area contributed by atoms with Gasteiger partial charge in [0.05, 0.1) is 7.11 Å². The quantitative estimate of drug-likeness (QED) is 0.598. The number of methoxy groups -OCH3 is 1. The number of anilines is 1. The summed E-state index contributed by atoms with van der Waals surface area (Å²) in [6.45, 7) is 1.79. The maximum Gasteiger partial charge on any atom is 0.256 e. The molecule has 1 heterocycles. The van der Waals surface area contributed by atoms with E-state index in [0.29, 0.717) is 22.7 Å². The van der Waals surface area contributed by atoms with E-state index < -0.39 is 0 Å². The maximum atomic E-state index is 12.8. The topological polar surface area (TPSA) is 64.4 Å². The predicted octanol–water partition coefficient (Wildman–Crippen LogP) is 4.55. The molecule has 1 amide bonds. The van der Waals surface area contributed by atoms with Crippen molar-refractivity contribution in [2.24, 2.45) is 0 Å². The highest BCUT2D eigenvalue weighted by Crippen LogP contribution is 2.29. The Morgan fingerprint density at radius 3 is 2.68 bits per heavy atom. The summed E-state index contributed by atoms with van der Waals surface area (Å²) in [5, 5.41) is 4.68. The van der Waals surface area contributed by atoms with Gasteiger partial charge in [-0.3, -0.25) is 4.79 Å². The molecule has 5 nitrogen and oxygen atoms in total. The zero-order valence-corrected chi connectivity index (χ0v) is 13.9. The van der Waals surface area contributed by atoms with Crippen LogP contribution >= 0.6 is 0 Å². The number of oxazole rings is 1. The lowest BCUT2D eigenvalue weighted by Crippen LogP contribution is -2.12. The molecule has 0 spiro atoms. The lowest BCUT2D eigenvalue weighted by atomic mass is 10.0. The van der Waals surface area contributed by atoms with Gasteiger partial charge in [-0.05, 0) is 35.7 Å². The summed E-state index contributed by atoms with van der Waals surface area (Å²) in [5.41, 5.74) is 2.68. The van der Waals surface area contributed by atoms with Crippen molar-refractivity contribution in [3.8, 4) is 5.75 Å². The van der Waals surface area contributed by atoms with Crippen LogP contribution in [0.5, 0.6) is 5.75 Å². The molecule has 0 saturated heterocycles. The van der Waals surface area contributed by atoms with Crippen molar-refractivity contribution in [2.75, 3.05) is 12.4 Å². The molecule has 0 saturated carbocycles. The molecule has 0 aliphatic rings. The van der Waals surface area contributed by atoms with Crippen LogP contribution < -0.4 is 10.1 Å². The van der Waals surface area contributed by atoms with Crippen LogP contribution in [0.1, 0.15) is 16.2 Å². The van der Waals surface area contributed by atoms with E-state index in [1.807, 2.05) is 24.3 Å². The van der Waals surface area contributed by atoms with Crippen LogP contribution in [0.15, 0.2) is 59.0 Å². The number of nitrogens with zero attached hydrogens (tertiary/aromatic N) is 1. The highest BCUT2D eigenvalue weighted by Gasteiger charge is 2.13. The van der Waals surface area contributed by atoms with Gasteiger partial charge in [0, 0.05) is 23.6 Å². The first-order valence-electron chi connectivity index (χ1n) is 7.90. The Balaban J connectivity index is 1.71. The Labute approximate surface area is 144 Å².